The highest BCUT2D eigenvalue weighted by atomic mass is 35.5. The number of nitrogens with zero attached hydrogens (tertiary/aromatic N) is 9. The molecule has 0 saturated carbocycles. The van der Waals surface area contributed by atoms with Gasteiger partial charge in [-0.2, -0.15) is 22.8 Å². The maximum atomic E-state index is 14.5. The van der Waals surface area contributed by atoms with Crippen molar-refractivity contribution >= 4 is 94.8 Å². The summed E-state index contributed by atoms with van der Waals surface area (Å²) >= 11 is 7.22. The average Bonchev–Trinajstić information content (AvgIpc) is 4.03. The number of sulfonamides is 1. The smallest absolute Gasteiger partial charge is 0.341 e. The van der Waals surface area contributed by atoms with Gasteiger partial charge in [-0.1, -0.05) is 44.4 Å². The number of fused-ring (bicyclic) bond motifs is 4. The summed E-state index contributed by atoms with van der Waals surface area (Å²) in [5, 5.41) is 10.6. The molecular weight excluding hydrogens is 1040 g/mol. The van der Waals surface area contributed by atoms with E-state index in [-0.39, 0.29) is 59.3 Å². The fourth-order valence-corrected chi connectivity index (χ4v) is 10.8. The highest BCUT2D eigenvalue weighted by Gasteiger charge is 2.34. The number of methoxy groups -OCH3 is 2. The van der Waals surface area contributed by atoms with E-state index in [0.29, 0.717) is 32.5 Å². The number of aliphatic carboxylic acids is 1. The van der Waals surface area contributed by atoms with Crippen LogP contribution in [-0.4, -0.2) is 113 Å². The lowest BCUT2D eigenvalue weighted by atomic mass is 9.92. The summed E-state index contributed by atoms with van der Waals surface area (Å²) in [5.41, 5.74) is 1.32. The van der Waals surface area contributed by atoms with Crippen LogP contribution in [0.5, 0.6) is 23.3 Å². The molecule has 5 aromatic heterocycles. The van der Waals surface area contributed by atoms with Gasteiger partial charge in [0, 0.05) is 48.3 Å². The molecule has 0 unspecified atom stereocenters. The second kappa shape index (κ2) is 21.8. The van der Waals surface area contributed by atoms with E-state index in [4.69, 9.17) is 42.1 Å². The maximum absolute atomic E-state index is 14.5. The van der Waals surface area contributed by atoms with Gasteiger partial charge in [-0.05, 0) is 47.9 Å². The van der Waals surface area contributed by atoms with Crippen molar-refractivity contribution in [2.75, 3.05) is 49.9 Å². The molecule has 3 amide bonds. The van der Waals surface area contributed by atoms with Crippen LogP contribution < -0.4 is 38.7 Å². The molecule has 28 heteroatoms. The molecule has 9 rings (SSSR count). The summed E-state index contributed by atoms with van der Waals surface area (Å²) in [6, 6.07) is 14.2. The van der Waals surface area contributed by atoms with Crippen LogP contribution in [0.2, 0.25) is 5.02 Å². The van der Waals surface area contributed by atoms with Crippen LogP contribution in [0.3, 0.4) is 0 Å². The van der Waals surface area contributed by atoms with Crippen molar-refractivity contribution in [2.24, 2.45) is 10.4 Å². The Morgan fingerprint density at radius 1 is 1.05 bits per heavy atom. The zero-order valence-corrected chi connectivity index (χ0v) is 42.4. The molecule has 7 heterocycles. The van der Waals surface area contributed by atoms with E-state index in [1.807, 2.05) is 4.57 Å². The zero-order valence-electron chi connectivity index (χ0n) is 39.2. The van der Waals surface area contributed by atoms with Gasteiger partial charge in [0.1, 0.15) is 34.2 Å². The van der Waals surface area contributed by atoms with Gasteiger partial charge in [0.2, 0.25) is 22.5 Å². The number of amides is 3. The second-order valence-corrected chi connectivity index (χ2v) is 21.1. The molecule has 0 spiro atoms. The number of imidazole rings is 1. The largest absolute Gasteiger partial charge is 0.481 e. The molecule has 0 saturated heterocycles. The first kappa shape index (κ1) is 52.9. The van der Waals surface area contributed by atoms with Crippen molar-refractivity contribution in [1.82, 2.24) is 38.0 Å². The van der Waals surface area contributed by atoms with Crippen LogP contribution in [0.1, 0.15) is 26.6 Å². The van der Waals surface area contributed by atoms with Gasteiger partial charge < -0.3 is 28.6 Å². The number of carboxylic acid groups (broad SMARTS) is 1. The number of nitrogens with one attached hydrogen (secondary N) is 2. The minimum absolute atomic E-state index is 0.0584. The molecule has 2 aromatic carbocycles. The topological polar surface area (TPSA) is 290 Å². The van der Waals surface area contributed by atoms with Crippen molar-refractivity contribution in [3.8, 4) is 35.6 Å². The van der Waals surface area contributed by atoms with Crippen LogP contribution in [0, 0.1) is 23.6 Å². The Hall–Kier alpha value is -7.93. The van der Waals surface area contributed by atoms with Crippen LogP contribution in [0.15, 0.2) is 88.1 Å². The number of ether oxygens (including phenoxy) is 4. The lowest BCUT2D eigenvalue weighted by Crippen LogP contribution is -2.39. The summed E-state index contributed by atoms with van der Waals surface area (Å²) in [4.78, 5) is 57.1. The molecule has 0 aliphatic carbocycles. The Balaban J connectivity index is 0.000000168. The predicted octanol–water partition coefficient (Wildman–Crippen LogP) is 5.05. The molecule has 7 aromatic rings. The fourth-order valence-electron chi connectivity index (χ4n) is 7.12. The van der Waals surface area contributed by atoms with E-state index in [0.717, 1.165) is 28.6 Å². The molecule has 382 valence electrons. The molecule has 3 N–H and O–H groups in total. The number of sulfone groups is 1. The molecule has 0 radical (unpaired) electrons. The summed E-state index contributed by atoms with van der Waals surface area (Å²) in [6.07, 6.45) is 9.14. The molecule has 0 atom stereocenters. The Morgan fingerprint density at radius 3 is 2.48 bits per heavy atom. The first-order chi connectivity index (χ1) is 34.7. The Labute approximate surface area is 424 Å². The lowest BCUT2D eigenvalue weighted by Gasteiger charge is -2.28. The van der Waals surface area contributed by atoms with Gasteiger partial charge in [0.15, 0.2) is 38.9 Å². The number of halogens is 2. The van der Waals surface area contributed by atoms with E-state index in [2.05, 4.69) is 54.4 Å². The third-order valence-corrected chi connectivity index (χ3v) is 14.6. The minimum atomic E-state index is -4.68. The second-order valence-electron chi connectivity index (χ2n) is 16.2. The first-order valence-corrected chi connectivity index (χ1v) is 25.6. The molecule has 0 bridgehead atoms. The lowest BCUT2D eigenvalue weighted by molar-refractivity contribution is -0.139. The summed E-state index contributed by atoms with van der Waals surface area (Å²) in [6.45, 7) is 6.01. The van der Waals surface area contributed by atoms with Gasteiger partial charge >= 0.3 is 12.0 Å². The molecule has 2 aliphatic rings. The average molecular weight is 1080 g/mol. The van der Waals surface area contributed by atoms with Gasteiger partial charge in [-0.25, -0.2) is 37.1 Å². The number of urea groups is 1. The molecule has 73 heavy (non-hydrogen) atoms. The number of pyridine rings is 2. The van der Waals surface area contributed by atoms with E-state index in [1.165, 1.54) is 74.1 Å². The Bertz CT molecular complexity index is 3610. The normalized spacial score (nSPS) is 13.8. The minimum Gasteiger partial charge on any atom is -0.481 e. The van der Waals surface area contributed by atoms with Crippen molar-refractivity contribution in [3.05, 3.63) is 94.5 Å². The predicted molar refractivity (Wildman–Crippen MR) is 263 cm³/mol. The maximum Gasteiger partial charge on any atom is 0.341 e. The number of hydrogen-bond acceptors (Lipinski definition) is 18. The van der Waals surface area contributed by atoms with Gasteiger partial charge in [0.05, 0.1) is 43.3 Å². The fraction of sp³-hybridized carbons (Fsp3) is 0.267. The van der Waals surface area contributed by atoms with Crippen molar-refractivity contribution in [2.45, 2.75) is 43.8 Å². The van der Waals surface area contributed by atoms with E-state index < -0.39 is 54.3 Å². The number of carboxylic acids is 1. The summed E-state index contributed by atoms with van der Waals surface area (Å²) in [5.74, 6) is 1.74. The molecular formula is C45H43ClFN11O12S3. The third kappa shape index (κ3) is 12.1. The quantitative estimate of drug-likeness (QED) is 0.135. The third-order valence-electron chi connectivity index (χ3n) is 10.4. The highest BCUT2D eigenvalue weighted by molar-refractivity contribution is 7.93. The Morgan fingerprint density at radius 2 is 1.79 bits per heavy atom. The number of rotatable bonds is 12. The molecule has 2 aliphatic heterocycles. The number of carbonyl (C=O) groups is 3. The zero-order chi connectivity index (χ0) is 52.8. The SMILES string of the molecule is C#CCN1C(=O)COc2cc(F)c(N=c3snc4n3CC(C)(C)C4)cc21.CCS(=O)(=O)c1nc2ccccn2c1S(=O)(=O)NC(=O)Nc1nc(OC)cc(OC)n1.O=C(O)COc1ccc(Cl)c2cccnc12. The van der Waals surface area contributed by atoms with E-state index in [1.54, 1.807) is 41.3 Å². The van der Waals surface area contributed by atoms with Crippen molar-refractivity contribution in [3.63, 3.8) is 0 Å². The van der Waals surface area contributed by atoms with Crippen LogP contribution >= 0.6 is 23.1 Å². The van der Waals surface area contributed by atoms with Crippen LogP contribution in [0.4, 0.5) is 26.5 Å². The number of anilines is 2. The number of benzene rings is 2. The standard InChI is InChI=1S/C18H17FN4O2S.C16H18N6O7S2.C11H8ClNO3/c1-4-5-22-13-7-12(11(19)6-14(13)25-9-16(22)24)20-17-23-10-18(2,3)8-15(23)21-26-17;1-4-30(24,25)13-14(22-8-6-5-7-10(22)17-13)31(26,27)21-16(23)20-15-18-11(28-2)9-12(19-15)29-3;12-8-3-4-9(16-6-10(14)15)11-7(8)2-1-5-13-11/h1,6-7H,5,8-10H2,2-3H3;5-9H,4H2,1-3H3,(H2,18,19,20,21,23);1-5H,6H2,(H,14,15). The van der Waals surface area contributed by atoms with E-state index >= 15 is 0 Å². The number of terminal acetylenes is 1. The first-order valence-electron chi connectivity index (χ1n) is 21.4. The Kier molecular flexibility index (Phi) is 15.8. The van der Waals surface area contributed by atoms with Gasteiger partial charge in [-0.15, -0.1) is 6.42 Å². The van der Waals surface area contributed by atoms with E-state index in [9.17, 15) is 35.6 Å². The number of hydrogen-bond donors (Lipinski definition) is 3. The number of aromatic nitrogens is 7. The van der Waals surface area contributed by atoms with Crippen molar-refractivity contribution < 1.29 is 59.7 Å². The van der Waals surface area contributed by atoms with Gasteiger partial charge in [0.25, 0.3) is 15.9 Å². The molecule has 23 nitrogen and oxygen atoms in total. The highest BCUT2D eigenvalue weighted by Crippen LogP contribution is 2.38. The monoisotopic (exact) mass is 1080 g/mol. The van der Waals surface area contributed by atoms with Crippen LogP contribution in [0.25, 0.3) is 16.6 Å². The number of carbonyl (C=O) groups excluding carboxylic acids is 2. The summed E-state index contributed by atoms with van der Waals surface area (Å²) in [7, 11) is -6.04. The van der Waals surface area contributed by atoms with Gasteiger partial charge in [-0.3, -0.25) is 24.4 Å². The van der Waals surface area contributed by atoms with Crippen molar-refractivity contribution in [1.29, 1.82) is 0 Å². The molecule has 0 fully saturated rings. The summed E-state index contributed by atoms with van der Waals surface area (Å²) < 4.78 is 94.9. The van der Waals surface area contributed by atoms with Crippen LogP contribution in [-0.2, 0) is 42.4 Å².